The normalized spacial score (nSPS) is 9.50. The van der Waals surface area contributed by atoms with Crippen LogP contribution in [0.2, 0.25) is 0 Å². The summed E-state index contributed by atoms with van der Waals surface area (Å²) in [6.45, 7) is 0.162. The molecule has 1 heterocycles. The zero-order valence-corrected chi connectivity index (χ0v) is 10.5. The van der Waals surface area contributed by atoms with E-state index in [2.05, 4.69) is 10.4 Å². The second kappa shape index (κ2) is 6.22. The molecule has 1 rings (SSSR count). The predicted octanol–water partition coefficient (Wildman–Crippen LogP) is -0.122. The monoisotopic (exact) mass is 332 g/mol. The van der Waals surface area contributed by atoms with Gasteiger partial charge in [-0.3, -0.25) is 9.59 Å². The first-order valence-corrected chi connectivity index (χ1v) is 5.57. The van der Waals surface area contributed by atoms with Gasteiger partial charge in [0.1, 0.15) is 6.54 Å². The van der Waals surface area contributed by atoms with Crippen LogP contribution in [0.15, 0.2) is 17.1 Å². The van der Waals surface area contributed by atoms with Crippen molar-refractivity contribution in [2.24, 2.45) is 0 Å². The average Bonchev–Trinajstić information content (AvgIpc) is 2.23. The summed E-state index contributed by atoms with van der Waals surface area (Å²) in [5, 5.41) is 14.6. The van der Waals surface area contributed by atoms with Crippen molar-refractivity contribution in [2.75, 3.05) is 6.54 Å². The Morgan fingerprint density at radius 3 is 3.06 bits per heavy atom. The van der Waals surface area contributed by atoms with E-state index in [-0.39, 0.29) is 31.0 Å². The van der Waals surface area contributed by atoms with Crippen LogP contribution >= 0.6 is 22.6 Å². The largest absolute Gasteiger partial charge is 0.353 e. The number of halogens is 1. The van der Waals surface area contributed by atoms with Crippen molar-refractivity contribution in [3.63, 3.8) is 0 Å². The summed E-state index contributed by atoms with van der Waals surface area (Å²) < 4.78 is 1.80. The first-order valence-electron chi connectivity index (χ1n) is 4.50. The van der Waals surface area contributed by atoms with E-state index in [1.807, 2.05) is 28.7 Å². The van der Waals surface area contributed by atoms with Gasteiger partial charge >= 0.3 is 0 Å². The summed E-state index contributed by atoms with van der Waals surface area (Å²) in [7, 11) is 0. The molecule has 0 spiro atoms. The molecule has 1 aromatic rings. The molecule has 0 saturated heterocycles. The van der Waals surface area contributed by atoms with Gasteiger partial charge in [-0.25, -0.2) is 4.68 Å². The predicted molar refractivity (Wildman–Crippen MR) is 64.5 cm³/mol. The van der Waals surface area contributed by atoms with Crippen molar-refractivity contribution in [3.8, 4) is 6.07 Å². The number of aromatic nitrogens is 2. The third-order valence-corrected chi connectivity index (χ3v) is 2.28. The van der Waals surface area contributed by atoms with Crippen molar-refractivity contribution in [3.05, 3.63) is 26.2 Å². The molecule has 7 heteroatoms. The number of nitrogens with one attached hydrogen (secondary N) is 1. The van der Waals surface area contributed by atoms with E-state index in [1.54, 1.807) is 0 Å². The molecule has 16 heavy (non-hydrogen) atoms. The fourth-order valence-corrected chi connectivity index (χ4v) is 1.37. The molecule has 0 aliphatic rings. The number of hydrogen-bond donors (Lipinski definition) is 1. The second-order valence-electron chi connectivity index (χ2n) is 2.93. The van der Waals surface area contributed by atoms with Gasteiger partial charge in [-0.15, -0.1) is 0 Å². The van der Waals surface area contributed by atoms with Crippen LogP contribution in [0.25, 0.3) is 0 Å². The maximum absolute atomic E-state index is 11.4. The van der Waals surface area contributed by atoms with E-state index in [9.17, 15) is 9.59 Å². The van der Waals surface area contributed by atoms with Gasteiger partial charge in [0, 0.05) is 16.2 Å². The van der Waals surface area contributed by atoms with E-state index >= 15 is 0 Å². The lowest BCUT2D eigenvalue weighted by atomic mass is 10.4. The first-order chi connectivity index (χ1) is 7.63. The van der Waals surface area contributed by atoms with Gasteiger partial charge in [-0.1, -0.05) is 0 Å². The minimum absolute atomic E-state index is 0.124. The highest BCUT2D eigenvalue weighted by Crippen LogP contribution is 1.95. The first kappa shape index (κ1) is 12.6. The molecule has 1 aromatic heterocycles. The van der Waals surface area contributed by atoms with Crippen LogP contribution in [0.4, 0.5) is 0 Å². The number of carbonyl (C=O) groups excluding carboxylic acids is 1. The summed E-state index contributed by atoms with van der Waals surface area (Å²) >= 11 is 1.97. The smallest absolute Gasteiger partial charge is 0.268 e. The van der Waals surface area contributed by atoms with Crippen LogP contribution in [0, 0.1) is 14.9 Å². The molecule has 0 bridgehead atoms. The van der Waals surface area contributed by atoms with Gasteiger partial charge in [-0.05, 0) is 22.6 Å². The van der Waals surface area contributed by atoms with Crippen molar-refractivity contribution in [1.82, 2.24) is 15.1 Å². The Hall–Kier alpha value is -1.43. The van der Waals surface area contributed by atoms with Gasteiger partial charge in [0.05, 0.1) is 18.7 Å². The second-order valence-corrected chi connectivity index (χ2v) is 4.17. The fraction of sp³-hybridized carbons (Fsp3) is 0.333. The Morgan fingerprint density at radius 1 is 1.69 bits per heavy atom. The number of amides is 1. The van der Waals surface area contributed by atoms with Gasteiger partial charge in [0.2, 0.25) is 5.91 Å². The molecule has 84 valence electrons. The zero-order chi connectivity index (χ0) is 12.0. The highest BCUT2D eigenvalue weighted by molar-refractivity contribution is 14.1. The van der Waals surface area contributed by atoms with E-state index in [4.69, 9.17) is 5.26 Å². The lowest BCUT2D eigenvalue weighted by Gasteiger charge is -2.04. The molecular formula is C9H9IN4O2. The summed E-state index contributed by atoms with van der Waals surface area (Å²) in [5.41, 5.74) is -0.317. The van der Waals surface area contributed by atoms with Crippen LogP contribution in [0.1, 0.15) is 6.42 Å². The molecule has 0 aromatic carbocycles. The van der Waals surface area contributed by atoms with Crippen molar-refractivity contribution < 1.29 is 4.79 Å². The van der Waals surface area contributed by atoms with Crippen LogP contribution in [0.5, 0.6) is 0 Å². The quantitative estimate of drug-likeness (QED) is 0.615. The van der Waals surface area contributed by atoms with Crippen molar-refractivity contribution >= 4 is 28.5 Å². The van der Waals surface area contributed by atoms with Crippen molar-refractivity contribution in [2.45, 2.75) is 13.0 Å². The van der Waals surface area contributed by atoms with Crippen LogP contribution in [-0.4, -0.2) is 22.2 Å². The molecule has 0 aliphatic carbocycles. The standard InChI is InChI=1S/C9H9IN4O2/c10-7-4-9(16)14(13-5-7)6-8(15)12-3-1-2-11/h4-5H,1,3,6H2,(H,12,15). The summed E-state index contributed by atoms with van der Waals surface area (Å²) in [5.74, 6) is -0.328. The molecule has 0 atom stereocenters. The van der Waals surface area contributed by atoms with E-state index in [1.165, 1.54) is 12.3 Å². The number of hydrogen-bond acceptors (Lipinski definition) is 4. The average molecular weight is 332 g/mol. The molecule has 6 nitrogen and oxygen atoms in total. The third kappa shape index (κ3) is 3.98. The number of nitriles is 1. The van der Waals surface area contributed by atoms with E-state index in [0.717, 1.165) is 8.25 Å². The van der Waals surface area contributed by atoms with Crippen LogP contribution in [-0.2, 0) is 11.3 Å². The minimum atomic E-state index is -0.328. The minimum Gasteiger partial charge on any atom is -0.353 e. The van der Waals surface area contributed by atoms with E-state index in [0.29, 0.717) is 0 Å². The lowest BCUT2D eigenvalue weighted by molar-refractivity contribution is -0.121. The molecule has 0 radical (unpaired) electrons. The van der Waals surface area contributed by atoms with Gasteiger partial charge < -0.3 is 5.32 Å². The summed E-state index contributed by atoms with van der Waals surface area (Å²) in [4.78, 5) is 22.7. The van der Waals surface area contributed by atoms with Crippen LogP contribution in [0.3, 0.4) is 0 Å². The van der Waals surface area contributed by atoms with Gasteiger partial charge in [-0.2, -0.15) is 10.4 Å². The zero-order valence-electron chi connectivity index (χ0n) is 8.31. The summed E-state index contributed by atoms with van der Waals surface area (Å²) in [6, 6.07) is 3.30. The fourth-order valence-electron chi connectivity index (χ4n) is 0.980. The molecule has 1 amide bonds. The number of nitrogens with zero attached hydrogens (tertiary/aromatic N) is 3. The molecule has 0 aliphatic heterocycles. The number of carbonyl (C=O) groups is 1. The molecule has 1 N–H and O–H groups in total. The van der Waals surface area contributed by atoms with Gasteiger partial charge in [0.25, 0.3) is 5.56 Å². The topological polar surface area (TPSA) is 87.8 Å². The third-order valence-electron chi connectivity index (χ3n) is 1.69. The lowest BCUT2D eigenvalue weighted by Crippen LogP contribution is -2.33. The Morgan fingerprint density at radius 2 is 2.44 bits per heavy atom. The Balaban J connectivity index is 2.57. The highest BCUT2D eigenvalue weighted by Gasteiger charge is 2.04. The molecule has 0 unspecified atom stereocenters. The Kier molecular flexibility index (Phi) is 4.91. The SMILES string of the molecule is N#CCCNC(=O)Cn1ncc(I)cc1=O. The highest BCUT2D eigenvalue weighted by atomic mass is 127. The molecule has 0 fully saturated rings. The Bertz CT molecular complexity index is 477. The Labute approximate surface area is 105 Å². The maximum atomic E-state index is 11.4. The summed E-state index contributed by atoms with van der Waals surface area (Å²) in [6.07, 6.45) is 1.76. The number of rotatable bonds is 4. The maximum Gasteiger partial charge on any atom is 0.268 e. The van der Waals surface area contributed by atoms with Crippen LogP contribution < -0.4 is 10.9 Å². The molecule has 0 saturated carbocycles. The van der Waals surface area contributed by atoms with Gasteiger partial charge in [0.15, 0.2) is 0 Å². The van der Waals surface area contributed by atoms with E-state index < -0.39 is 0 Å². The van der Waals surface area contributed by atoms with Crippen molar-refractivity contribution in [1.29, 1.82) is 5.26 Å². The molecular weight excluding hydrogens is 323 g/mol.